The highest BCUT2D eigenvalue weighted by Crippen LogP contribution is 2.31. The molecule has 1 aliphatic heterocycles. The fourth-order valence-electron chi connectivity index (χ4n) is 3.97. The number of methoxy groups -OCH3 is 1. The first kappa shape index (κ1) is 26.6. The summed E-state index contributed by atoms with van der Waals surface area (Å²) in [4.78, 5) is 43.2. The van der Waals surface area contributed by atoms with Crippen molar-refractivity contribution in [1.29, 1.82) is 0 Å². The molecule has 3 aromatic carbocycles. The lowest BCUT2D eigenvalue weighted by atomic mass is 10.1. The molecule has 1 heterocycles. The normalized spacial score (nSPS) is 14.0. The van der Waals surface area contributed by atoms with Gasteiger partial charge in [-0.25, -0.2) is 4.99 Å². The highest BCUT2D eigenvalue weighted by atomic mass is 32.2. The maximum absolute atomic E-state index is 13.5. The Morgan fingerprint density at radius 1 is 1.05 bits per heavy atom. The number of hydrogen-bond donors (Lipinski definition) is 1. The van der Waals surface area contributed by atoms with Crippen LogP contribution in [-0.2, 0) is 9.59 Å². The fraction of sp³-hybridized carbons (Fsp3) is 0.179. The average Bonchev–Trinajstić information content (AvgIpc) is 3.18. The summed E-state index contributed by atoms with van der Waals surface area (Å²) in [5, 5.41) is 14.4. The third kappa shape index (κ3) is 6.09. The Labute approximate surface area is 224 Å². The van der Waals surface area contributed by atoms with Gasteiger partial charge in [-0.1, -0.05) is 36.0 Å². The van der Waals surface area contributed by atoms with Gasteiger partial charge in [0.15, 0.2) is 5.17 Å². The van der Waals surface area contributed by atoms with Crippen molar-refractivity contribution in [3.63, 3.8) is 0 Å². The van der Waals surface area contributed by atoms with Crippen molar-refractivity contribution in [2.24, 2.45) is 4.99 Å². The second-order valence-corrected chi connectivity index (χ2v) is 9.74. The smallest absolute Gasteiger partial charge is 0.293 e. The summed E-state index contributed by atoms with van der Waals surface area (Å²) < 4.78 is 5.20. The van der Waals surface area contributed by atoms with Crippen LogP contribution in [0.5, 0.6) is 5.75 Å². The van der Waals surface area contributed by atoms with Crippen molar-refractivity contribution < 1.29 is 19.2 Å². The summed E-state index contributed by atoms with van der Waals surface area (Å²) in [6.07, 6.45) is 1.68. The van der Waals surface area contributed by atoms with Crippen molar-refractivity contribution in [2.75, 3.05) is 23.1 Å². The van der Waals surface area contributed by atoms with E-state index >= 15 is 0 Å². The van der Waals surface area contributed by atoms with E-state index < -0.39 is 10.8 Å². The lowest BCUT2D eigenvalue weighted by Crippen LogP contribution is -2.31. The molecular weight excluding hydrogens is 504 g/mol. The van der Waals surface area contributed by atoms with E-state index in [9.17, 15) is 19.7 Å². The van der Waals surface area contributed by atoms with Crippen LogP contribution in [0.25, 0.3) is 6.08 Å². The van der Waals surface area contributed by atoms with Gasteiger partial charge in [-0.3, -0.25) is 24.6 Å². The molecule has 0 aliphatic carbocycles. The third-order valence-corrected chi connectivity index (χ3v) is 6.61. The number of hydrogen-bond acceptors (Lipinski definition) is 7. The number of carbonyl (C=O) groups is 2. The minimum absolute atomic E-state index is 0.103. The van der Waals surface area contributed by atoms with Gasteiger partial charge < -0.3 is 10.1 Å². The van der Waals surface area contributed by atoms with E-state index in [1.165, 1.54) is 17.0 Å². The van der Waals surface area contributed by atoms with Crippen LogP contribution in [0, 0.1) is 30.9 Å². The first-order chi connectivity index (χ1) is 18.1. The monoisotopic (exact) mass is 530 g/mol. The van der Waals surface area contributed by atoms with Crippen LogP contribution in [0.1, 0.15) is 22.3 Å². The quantitative estimate of drug-likeness (QED) is 0.240. The molecular formula is C28H26N4O5S. The van der Waals surface area contributed by atoms with Crippen molar-refractivity contribution in [3.8, 4) is 5.75 Å². The Morgan fingerprint density at radius 2 is 1.74 bits per heavy atom. The number of anilines is 2. The van der Waals surface area contributed by atoms with Gasteiger partial charge in [0, 0.05) is 6.07 Å². The minimum atomic E-state index is -0.534. The molecule has 0 saturated carbocycles. The predicted octanol–water partition coefficient (Wildman–Crippen LogP) is 5.64. The van der Waals surface area contributed by atoms with Gasteiger partial charge >= 0.3 is 0 Å². The van der Waals surface area contributed by atoms with Gasteiger partial charge in [0.25, 0.3) is 11.6 Å². The maximum atomic E-state index is 13.5. The standard InChI is InChI=1S/C28H26N4O5S/c1-17-5-10-23(25(14-17)32(35)36)29-26(33)16-38-28-30-24(15-20-6-8-22(37-4)9-7-20)27(34)31(28)21-12-18(2)11-19(3)13-21/h5-15H,16H2,1-4H3,(H,29,33)/b24-15-. The minimum Gasteiger partial charge on any atom is -0.497 e. The average molecular weight is 531 g/mol. The molecule has 9 nitrogen and oxygen atoms in total. The van der Waals surface area contributed by atoms with E-state index in [0.717, 1.165) is 28.5 Å². The zero-order chi connectivity index (χ0) is 27.4. The number of amides is 2. The Kier molecular flexibility index (Phi) is 7.92. The van der Waals surface area contributed by atoms with E-state index in [4.69, 9.17) is 4.74 Å². The Morgan fingerprint density at radius 3 is 2.37 bits per heavy atom. The molecule has 38 heavy (non-hydrogen) atoms. The van der Waals surface area contributed by atoms with Crippen molar-refractivity contribution >= 4 is 51.9 Å². The van der Waals surface area contributed by atoms with Crippen LogP contribution >= 0.6 is 11.8 Å². The Bertz CT molecular complexity index is 1460. The Balaban J connectivity index is 1.60. The number of benzene rings is 3. The molecule has 194 valence electrons. The maximum Gasteiger partial charge on any atom is 0.293 e. The lowest BCUT2D eigenvalue weighted by Gasteiger charge is -2.19. The van der Waals surface area contributed by atoms with E-state index in [2.05, 4.69) is 10.3 Å². The van der Waals surface area contributed by atoms with Crippen molar-refractivity contribution in [2.45, 2.75) is 20.8 Å². The summed E-state index contributed by atoms with van der Waals surface area (Å²) in [5.41, 5.74) is 4.25. The summed E-state index contributed by atoms with van der Waals surface area (Å²) in [6, 6.07) is 17.6. The van der Waals surface area contributed by atoms with Gasteiger partial charge in [0.2, 0.25) is 5.91 Å². The Hall–Kier alpha value is -4.44. The number of nitro groups is 1. The molecule has 3 aromatic rings. The number of carbonyl (C=O) groups excluding carboxylic acids is 2. The molecule has 4 rings (SSSR count). The second-order valence-electron chi connectivity index (χ2n) is 8.80. The van der Waals surface area contributed by atoms with Gasteiger partial charge in [-0.15, -0.1) is 0 Å². The first-order valence-corrected chi connectivity index (χ1v) is 12.7. The number of nitro benzene ring substituents is 1. The number of thioether (sulfide) groups is 1. The molecule has 10 heteroatoms. The number of nitrogens with zero attached hydrogens (tertiary/aromatic N) is 3. The van der Waals surface area contributed by atoms with Crippen LogP contribution in [-0.4, -0.2) is 34.8 Å². The molecule has 2 amide bonds. The van der Waals surface area contributed by atoms with Gasteiger partial charge in [0.1, 0.15) is 17.1 Å². The van der Waals surface area contributed by atoms with Gasteiger partial charge in [0.05, 0.1) is 23.5 Å². The van der Waals surface area contributed by atoms with E-state index in [1.807, 2.05) is 44.2 Å². The molecule has 0 fully saturated rings. The molecule has 1 aliphatic rings. The molecule has 0 atom stereocenters. The summed E-state index contributed by atoms with van der Waals surface area (Å²) in [7, 11) is 1.58. The van der Waals surface area contributed by atoms with Gasteiger partial charge in [-0.2, -0.15) is 0 Å². The van der Waals surface area contributed by atoms with E-state index in [0.29, 0.717) is 22.2 Å². The molecule has 0 unspecified atom stereocenters. The summed E-state index contributed by atoms with van der Waals surface area (Å²) >= 11 is 1.08. The third-order valence-electron chi connectivity index (χ3n) is 5.67. The van der Waals surface area contributed by atoms with Crippen LogP contribution in [0.15, 0.2) is 71.4 Å². The van der Waals surface area contributed by atoms with E-state index in [1.54, 1.807) is 38.3 Å². The number of aryl methyl sites for hydroxylation is 3. The number of rotatable bonds is 7. The largest absolute Gasteiger partial charge is 0.497 e. The predicted molar refractivity (Wildman–Crippen MR) is 151 cm³/mol. The number of ether oxygens (including phenoxy) is 1. The van der Waals surface area contributed by atoms with E-state index in [-0.39, 0.29) is 28.7 Å². The zero-order valence-corrected chi connectivity index (χ0v) is 22.2. The summed E-state index contributed by atoms with van der Waals surface area (Å²) in [6.45, 7) is 5.62. The molecule has 0 spiro atoms. The van der Waals surface area contributed by atoms with Gasteiger partial charge in [-0.05, 0) is 79.4 Å². The van der Waals surface area contributed by atoms with Crippen LogP contribution in [0.4, 0.5) is 17.1 Å². The van der Waals surface area contributed by atoms with Crippen LogP contribution in [0.2, 0.25) is 0 Å². The molecule has 1 N–H and O–H groups in total. The van der Waals surface area contributed by atoms with Crippen LogP contribution < -0.4 is 15.0 Å². The molecule has 0 radical (unpaired) electrons. The summed E-state index contributed by atoms with van der Waals surface area (Å²) in [5.74, 6) is -0.178. The van der Waals surface area contributed by atoms with Crippen molar-refractivity contribution in [1.82, 2.24) is 0 Å². The second kappa shape index (κ2) is 11.3. The fourth-order valence-corrected chi connectivity index (χ4v) is 4.79. The topological polar surface area (TPSA) is 114 Å². The SMILES string of the molecule is COc1ccc(/C=C2\N=C(SCC(=O)Nc3ccc(C)cc3[N+](=O)[O-])N(c3cc(C)cc(C)c3)C2=O)cc1. The highest BCUT2D eigenvalue weighted by molar-refractivity contribution is 8.14. The number of nitrogens with one attached hydrogen (secondary N) is 1. The van der Waals surface area contributed by atoms with Crippen molar-refractivity contribution in [3.05, 3.63) is 98.7 Å². The number of amidine groups is 1. The zero-order valence-electron chi connectivity index (χ0n) is 21.3. The highest BCUT2D eigenvalue weighted by Gasteiger charge is 2.32. The molecule has 0 aromatic heterocycles. The first-order valence-electron chi connectivity index (χ1n) is 11.7. The molecule has 0 saturated heterocycles. The number of aliphatic imine (C=N–C) groups is 1. The molecule has 0 bridgehead atoms. The lowest BCUT2D eigenvalue weighted by molar-refractivity contribution is -0.384. The van der Waals surface area contributed by atoms with Crippen LogP contribution in [0.3, 0.4) is 0 Å².